The summed E-state index contributed by atoms with van der Waals surface area (Å²) in [4.78, 5) is 28.3. The predicted molar refractivity (Wildman–Crippen MR) is 96.4 cm³/mol. The van der Waals surface area contributed by atoms with Crippen molar-refractivity contribution < 1.29 is 18.4 Å². The summed E-state index contributed by atoms with van der Waals surface area (Å²) >= 11 is 1.34. The second-order valence-corrected chi connectivity index (χ2v) is 6.84. The molecule has 1 heterocycles. The van der Waals surface area contributed by atoms with Crippen molar-refractivity contribution in [2.45, 2.75) is 13.8 Å². The van der Waals surface area contributed by atoms with Gasteiger partial charge in [0.1, 0.15) is 0 Å². The SMILES string of the molecule is Cc1cc(C)c2nc(NC(=O)CNC(=O)c3ccc(F)c(F)c3)sc2c1. The molecule has 0 saturated heterocycles. The molecule has 2 aromatic carbocycles. The number of carbonyl (C=O) groups is 2. The van der Waals surface area contributed by atoms with Crippen LogP contribution in [0, 0.1) is 25.5 Å². The van der Waals surface area contributed by atoms with Gasteiger partial charge in [-0.25, -0.2) is 13.8 Å². The van der Waals surface area contributed by atoms with E-state index in [1.165, 1.54) is 11.3 Å². The summed E-state index contributed by atoms with van der Waals surface area (Å²) in [5.74, 6) is -3.30. The van der Waals surface area contributed by atoms with Crippen molar-refractivity contribution in [1.29, 1.82) is 0 Å². The van der Waals surface area contributed by atoms with Crippen LogP contribution in [-0.4, -0.2) is 23.3 Å². The van der Waals surface area contributed by atoms with Gasteiger partial charge in [-0.3, -0.25) is 9.59 Å². The molecule has 0 aliphatic heterocycles. The first kappa shape index (κ1) is 17.9. The Kier molecular flexibility index (Phi) is 4.94. The third-order valence-electron chi connectivity index (χ3n) is 3.67. The number of amides is 2. The molecule has 2 amide bonds. The number of rotatable bonds is 4. The maximum absolute atomic E-state index is 13.1. The molecular weight excluding hydrogens is 360 g/mol. The van der Waals surface area contributed by atoms with E-state index in [4.69, 9.17) is 0 Å². The summed E-state index contributed by atoms with van der Waals surface area (Å²) in [6.45, 7) is 3.62. The molecule has 0 bridgehead atoms. The molecule has 0 aliphatic rings. The van der Waals surface area contributed by atoms with Crippen LogP contribution in [0.5, 0.6) is 0 Å². The third kappa shape index (κ3) is 3.85. The molecule has 3 rings (SSSR count). The molecule has 0 aliphatic carbocycles. The second kappa shape index (κ2) is 7.17. The minimum absolute atomic E-state index is 0.0669. The van der Waals surface area contributed by atoms with Gasteiger partial charge in [-0.1, -0.05) is 17.4 Å². The van der Waals surface area contributed by atoms with Gasteiger partial charge >= 0.3 is 0 Å². The normalized spacial score (nSPS) is 10.8. The van der Waals surface area contributed by atoms with E-state index in [9.17, 15) is 18.4 Å². The first-order valence-corrected chi connectivity index (χ1v) is 8.56. The van der Waals surface area contributed by atoms with Crippen molar-refractivity contribution in [3.05, 3.63) is 58.7 Å². The third-order valence-corrected chi connectivity index (χ3v) is 4.59. The van der Waals surface area contributed by atoms with Crippen LogP contribution in [0.25, 0.3) is 10.2 Å². The molecule has 0 spiro atoms. The van der Waals surface area contributed by atoms with Gasteiger partial charge in [0.05, 0.1) is 16.8 Å². The van der Waals surface area contributed by atoms with Crippen molar-refractivity contribution in [3.8, 4) is 0 Å². The molecule has 1 aromatic heterocycles. The number of fused-ring (bicyclic) bond motifs is 1. The summed E-state index contributed by atoms with van der Waals surface area (Å²) in [6.07, 6.45) is 0. The Hall–Kier alpha value is -2.87. The van der Waals surface area contributed by atoms with Crippen LogP contribution in [-0.2, 0) is 4.79 Å². The Morgan fingerprint density at radius 3 is 2.62 bits per heavy atom. The molecular formula is C18H15F2N3O2S. The fourth-order valence-electron chi connectivity index (χ4n) is 2.49. The fraction of sp³-hybridized carbons (Fsp3) is 0.167. The minimum atomic E-state index is -1.12. The first-order chi connectivity index (χ1) is 12.3. The highest BCUT2D eigenvalue weighted by molar-refractivity contribution is 7.22. The molecule has 2 N–H and O–H groups in total. The van der Waals surface area contributed by atoms with E-state index in [2.05, 4.69) is 15.6 Å². The average molecular weight is 375 g/mol. The zero-order chi connectivity index (χ0) is 18.8. The molecule has 134 valence electrons. The Balaban J connectivity index is 1.63. The number of aryl methyl sites for hydroxylation is 2. The highest BCUT2D eigenvalue weighted by Crippen LogP contribution is 2.29. The number of anilines is 1. The Morgan fingerprint density at radius 2 is 1.88 bits per heavy atom. The van der Waals surface area contributed by atoms with E-state index in [-0.39, 0.29) is 12.1 Å². The smallest absolute Gasteiger partial charge is 0.251 e. The average Bonchev–Trinajstić information content (AvgIpc) is 2.97. The number of benzene rings is 2. The van der Waals surface area contributed by atoms with Gasteiger partial charge in [-0.15, -0.1) is 0 Å². The van der Waals surface area contributed by atoms with Crippen LogP contribution >= 0.6 is 11.3 Å². The van der Waals surface area contributed by atoms with Crippen LogP contribution in [0.4, 0.5) is 13.9 Å². The van der Waals surface area contributed by atoms with Gasteiger partial charge in [0, 0.05) is 5.56 Å². The lowest BCUT2D eigenvalue weighted by molar-refractivity contribution is -0.115. The van der Waals surface area contributed by atoms with Crippen molar-refractivity contribution in [3.63, 3.8) is 0 Å². The van der Waals surface area contributed by atoms with Crippen molar-refractivity contribution in [1.82, 2.24) is 10.3 Å². The minimum Gasteiger partial charge on any atom is -0.343 e. The lowest BCUT2D eigenvalue weighted by Gasteiger charge is -2.05. The highest BCUT2D eigenvalue weighted by Gasteiger charge is 2.13. The molecule has 0 fully saturated rings. The van der Waals surface area contributed by atoms with Gasteiger partial charge in [0.2, 0.25) is 5.91 Å². The van der Waals surface area contributed by atoms with Gasteiger partial charge in [-0.2, -0.15) is 0 Å². The zero-order valence-corrected chi connectivity index (χ0v) is 14.8. The molecule has 0 unspecified atom stereocenters. The standard InChI is InChI=1S/C18H15F2N3O2S/c1-9-5-10(2)16-14(6-9)26-18(23-16)22-15(24)8-21-17(25)11-3-4-12(19)13(20)7-11/h3-7H,8H2,1-2H3,(H,21,25)(H,22,23,24). The molecule has 0 atom stereocenters. The van der Waals surface area contributed by atoms with E-state index in [1.54, 1.807) is 0 Å². The van der Waals surface area contributed by atoms with Crippen LogP contribution in [0.1, 0.15) is 21.5 Å². The van der Waals surface area contributed by atoms with E-state index in [0.29, 0.717) is 5.13 Å². The summed E-state index contributed by atoms with van der Waals surface area (Å²) in [5.41, 5.74) is 2.88. The maximum atomic E-state index is 13.1. The largest absolute Gasteiger partial charge is 0.343 e. The molecule has 0 radical (unpaired) electrons. The van der Waals surface area contributed by atoms with Crippen molar-refractivity contribution >= 4 is 38.5 Å². The van der Waals surface area contributed by atoms with Crippen LogP contribution in [0.2, 0.25) is 0 Å². The number of hydrogen-bond acceptors (Lipinski definition) is 4. The first-order valence-electron chi connectivity index (χ1n) is 7.74. The Bertz CT molecular complexity index is 1020. The molecule has 0 saturated carbocycles. The number of aromatic nitrogens is 1. The van der Waals surface area contributed by atoms with Crippen molar-refractivity contribution in [2.24, 2.45) is 0 Å². The number of thiazole rings is 1. The number of halogens is 2. The summed E-state index contributed by atoms with van der Waals surface area (Å²) in [7, 11) is 0. The number of carbonyl (C=O) groups excluding carboxylic acids is 2. The maximum Gasteiger partial charge on any atom is 0.251 e. The van der Waals surface area contributed by atoms with E-state index < -0.39 is 23.4 Å². The predicted octanol–water partition coefficient (Wildman–Crippen LogP) is 3.56. The van der Waals surface area contributed by atoms with Crippen LogP contribution in [0.3, 0.4) is 0 Å². The topological polar surface area (TPSA) is 71.1 Å². The molecule has 5 nitrogen and oxygen atoms in total. The summed E-state index contributed by atoms with van der Waals surface area (Å²) < 4.78 is 27.0. The van der Waals surface area contributed by atoms with E-state index in [1.807, 2.05) is 26.0 Å². The van der Waals surface area contributed by atoms with E-state index in [0.717, 1.165) is 39.5 Å². The molecule has 8 heteroatoms. The Morgan fingerprint density at radius 1 is 1.12 bits per heavy atom. The van der Waals surface area contributed by atoms with Gasteiger partial charge in [0.15, 0.2) is 16.8 Å². The van der Waals surface area contributed by atoms with Crippen LogP contribution in [0.15, 0.2) is 30.3 Å². The quantitative estimate of drug-likeness (QED) is 0.732. The van der Waals surface area contributed by atoms with Gasteiger partial charge in [0.25, 0.3) is 5.91 Å². The zero-order valence-electron chi connectivity index (χ0n) is 14.0. The van der Waals surface area contributed by atoms with Crippen LogP contribution < -0.4 is 10.6 Å². The van der Waals surface area contributed by atoms with Gasteiger partial charge in [-0.05, 0) is 49.2 Å². The summed E-state index contributed by atoms with van der Waals surface area (Å²) in [6, 6.07) is 6.78. The molecule has 3 aromatic rings. The second-order valence-electron chi connectivity index (χ2n) is 5.81. The number of hydrogen-bond donors (Lipinski definition) is 2. The lowest BCUT2D eigenvalue weighted by atomic mass is 10.1. The monoisotopic (exact) mass is 375 g/mol. The highest BCUT2D eigenvalue weighted by atomic mass is 32.1. The number of nitrogens with one attached hydrogen (secondary N) is 2. The Labute approximate surface area is 152 Å². The number of nitrogens with zero attached hydrogens (tertiary/aromatic N) is 1. The lowest BCUT2D eigenvalue weighted by Crippen LogP contribution is -2.32. The molecule has 26 heavy (non-hydrogen) atoms. The summed E-state index contributed by atoms with van der Waals surface area (Å²) in [5, 5.41) is 5.41. The van der Waals surface area contributed by atoms with E-state index >= 15 is 0 Å². The van der Waals surface area contributed by atoms with Gasteiger partial charge < -0.3 is 10.6 Å². The van der Waals surface area contributed by atoms with Crippen molar-refractivity contribution in [2.75, 3.05) is 11.9 Å². The fourth-order valence-corrected chi connectivity index (χ4v) is 3.55.